The summed E-state index contributed by atoms with van der Waals surface area (Å²) in [7, 11) is 1.44. The minimum absolute atomic E-state index is 0.0261. The van der Waals surface area contributed by atoms with Crippen molar-refractivity contribution in [2.75, 3.05) is 23.9 Å². The third kappa shape index (κ3) is 5.10. The number of hydrogen-bond acceptors (Lipinski definition) is 4. The molecule has 0 saturated carbocycles. The first-order chi connectivity index (χ1) is 18.4. The molecule has 1 amide bonds. The van der Waals surface area contributed by atoms with Gasteiger partial charge in [-0.25, -0.2) is 4.39 Å². The van der Waals surface area contributed by atoms with Gasteiger partial charge in [-0.1, -0.05) is 29.3 Å². The topological polar surface area (TPSA) is 71.4 Å². The Labute approximate surface area is 234 Å². The maximum Gasteiger partial charge on any atom is 0.250 e. The molecule has 1 saturated heterocycles. The molecule has 2 aromatic carbocycles. The molecule has 2 aromatic heterocycles. The van der Waals surface area contributed by atoms with Crippen LogP contribution in [0.5, 0.6) is 0 Å². The molecule has 0 spiro atoms. The highest BCUT2D eigenvalue weighted by Crippen LogP contribution is 2.43. The van der Waals surface area contributed by atoms with E-state index in [4.69, 9.17) is 40.2 Å². The number of nitrogens with zero attached hydrogens (tertiary/aromatic N) is 3. The van der Waals surface area contributed by atoms with E-state index in [9.17, 15) is 9.18 Å². The van der Waals surface area contributed by atoms with Gasteiger partial charge in [-0.3, -0.25) is 9.78 Å². The van der Waals surface area contributed by atoms with E-state index in [1.54, 1.807) is 30.5 Å². The van der Waals surface area contributed by atoms with Gasteiger partial charge in [0.05, 0.1) is 27.5 Å². The number of aromatic nitrogens is 2. The van der Waals surface area contributed by atoms with Crippen molar-refractivity contribution in [2.24, 2.45) is 0 Å². The molecule has 38 heavy (non-hydrogen) atoms. The Balaban J connectivity index is 1.59. The van der Waals surface area contributed by atoms with Crippen LogP contribution < -0.4 is 15.5 Å². The molecule has 0 radical (unpaired) electrons. The normalized spacial score (nSPS) is 16.9. The number of nitrogens with one attached hydrogen (secondary N) is 2. The van der Waals surface area contributed by atoms with Crippen molar-refractivity contribution in [3.63, 3.8) is 0 Å². The molecule has 1 aliphatic rings. The molecule has 3 heterocycles. The van der Waals surface area contributed by atoms with Crippen molar-refractivity contribution < 1.29 is 13.9 Å². The fraction of sp³-hybridized carbons (Fsp3) is 0.148. The fourth-order valence-corrected chi connectivity index (χ4v) is 5.25. The van der Waals surface area contributed by atoms with Crippen LogP contribution in [-0.4, -0.2) is 34.3 Å². The number of rotatable bonds is 7. The van der Waals surface area contributed by atoms with Gasteiger partial charge in [-0.15, -0.1) is 0 Å². The standard InChI is InChI=1S/C27H22Cl2FN5O2S/c1-37-15-24(36)32-21-10-8-17(14-19(21)29)35-26(25(33-27(35)38)22-5-2-3-11-31-22)23-6-4-12-34(23)16-7-9-20(30)18(28)13-16/h2-14,25-26H,15H2,1H3,(H,32,36)(H,33,38)/t25-,26+/m0/s1. The van der Waals surface area contributed by atoms with Crippen LogP contribution >= 0.6 is 35.4 Å². The van der Waals surface area contributed by atoms with Gasteiger partial charge in [0.15, 0.2) is 5.11 Å². The van der Waals surface area contributed by atoms with Crippen molar-refractivity contribution in [1.29, 1.82) is 0 Å². The predicted octanol–water partition coefficient (Wildman–Crippen LogP) is 6.08. The zero-order valence-corrected chi connectivity index (χ0v) is 22.4. The molecule has 11 heteroatoms. The molecule has 4 aromatic rings. The van der Waals surface area contributed by atoms with E-state index in [0.29, 0.717) is 27.2 Å². The monoisotopic (exact) mass is 569 g/mol. The Kier molecular flexibility index (Phi) is 7.62. The highest BCUT2D eigenvalue weighted by atomic mass is 35.5. The summed E-state index contributed by atoms with van der Waals surface area (Å²) in [5.41, 5.74) is 3.53. The van der Waals surface area contributed by atoms with Crippen molar-refractivity contribution in [3.05, 3.63) is 106 Å². The van der Waals surface area contributed by atoms with E-state index >= 15 is 0 Å². The number of carbonyl (C=O) groups is 1. The largest absolute Gasteiger partial charge is 0.375 e. The first-order valence-electron chi connectivity index (χ1n) is 11.6. The van der Waals surface area contributed by atoms with Crippen molar-refractivity contribution in [3.8, 4) is 5.69 Å². The van der Waals surface area contributed by atoms with Crippen molar-refractivity contribution >= 4 is 57.8 Å². The highest BCUT2D eigenvalue weighted by Gasteiger charge is 2.42. The Bertz CT molecular complexity index is 1500. The van der Waals surface area contributed by atoms with Gasteiger partial charge in [-0.05, 0) is 72.9 Å². The van der Waals surface area contributed by atoms with Crippen molar-refractivity contribution in [1.82, 2.24) is 14.9 Å². The summed E-state index contributed by atoms with van der Waals surface area (Å²) in [6.45, 7) is -0.0869. The molecule has 5 rings (SSSR count). The summed E-state index contributed by atoms with van der Waals surface area (Å²) >= 11 is 18.5. The van der Waals surface area contributed by atoms with E-state index in [0.717, 1.165) is 11.4 Å². The number of anilines is 2. The lowest BCUT2D eigenvalue weighted by molar-refractivity contribution is -0.119. The third-order valence-electron chi connectivity index (χ3n) is 6.14. The lowest BCUT2D eigenvalue weighted by Crippen LogP contribution is -2.30. The summed E-state index contributed by atoms with van der Waals surface area (Å²) < 4.78 is 20.7. The zero-order valence-electron chi connectivity index (χ0n) is 20.1. The van der Waals surface area contributed by atoms with E-state index in [1.807, 2.05) is 52.1 Å². The van der Waals surface area contributed by atoms with E-state index in [2.05, 4.69) is 15.6 Å². The van der Waals surface area contributed by atoms with Crippen LogP contribution in [0.25, 0.3) is 5.69 Å². The SMILES string of the molecule is COCC(=O)Nc1ccc(N2C(=S)N[C@@H](c3ccccn3)[C@H]2c2cccn2-c2ccc(F)c(Cl)c2)cc1Cl. The number of benzene rings is 2. The lowest BCUT2D eigenvalue weighted by atomic mass is 10.0. The maximum absolute atomic E-state index is 13.9. The quantitative estimate of drug-likeness (QED) is 0.263. The average Bonchev–Trinajstić information content (AvgIpc) is 3.52. The van der Waals surface area contributed by atoms with Crippen LogP contribution in [0, 0.1) is 5.82 Å². The number of carbonyl (C=O) groups excluding carboxylic acids is 1. The maximum atomic E-state index is 13.9. The molecular formula is C27H22Cl2FN5O2S. The molecule has 7 nitrogen and oxygen atoms in total. The summed E-state index contributed by atoms with van der Waals surface area (Å²) in [5, 5.41) is 6.98. The Morgan fingerprint density at radius 2 is 1.89 bits per heavy atom. The van der Waals surface area contributed by atoms with Crippen LogP contribution in [0.1, 0.15) is 23.5 Å². The Morgan fingerprint density at radius 1 is 1.11 bits per heavy atom. The number of halogens is 3. The fourth-order valence-electron chi connectivity index (χ4n) is 4.51. The zero-order chi connectivity index (χ0) is 26.8. The molecule has 2 atom stereocenters. The summed E-state index contributed by atoms with van der Waals surface area (Å²) in [6, 6.07) is 18.8. The van der Waals surface area contributed by atoms with E-state index in [1.165, 1.54) is 13.2 Å². The predicted molar refractivity (Wildman–Crippen MR) is 151 cm³/mol. The second kappa shape index (κ2) is 11.1. The number of methoxy groups -OCH3 is 1. The molecule has 1 fully saturated rings. The van der Waals surface area contributed by atoms with Gasteiger partial charge in [0, 0.05) is 36.6 Å². The number of amides is 1. The van der Waals surface area contributed by atoms with Gasteiger partial charge >= 0.3 is 0 Å². The summed E-state index contributed by atoms with van der Waals surface area (Å²) in [5.74, 6) is -0.808. The highest BCUT2D eigenvalue weighted by molar-refractivity contribution is 7.80. The van der Waals surface area contributed by atoms with Crippen LogP contribution in [-0.2, 0) is 9.53 Å². The molecule has 1 aliphatic heterocycles. The third-order valence-corrected chi connectivity index (χ3v) is 7.06. The van der Waals surface area contributed by atoms with Gasteiger partial charge in [0.1, 0.15) is 18.5 Å². The number of ether oxygens (including phenoxy) is 1. The molecule has 194 valence electrons. The van der Waals surface area contributed by atoms with Gasteiger partial charge < -0.3 is 24.8 Å². The Hall–Kier alpha value is -3.50. The Morgan fingerprint density at radius 3 is 2.61 bits per heavy atom. The van der Waals surface area contributed by atoms with Gasteiger partial charge in [0.25, 0.3) is 0 Å². The molecule has 2 N–H and O–H groups in total. The smallest absolute Gasteiger partial charge is 0.250 e. The van der Waals surface area contributed by atoms with Gasteiger partial charge in [0.2, 0.25) is 5.91 Å². The van der Waals surface area contributed by atoms with Crippen LogP contribution in [0.3, 0.4) is 0 Å². The summed E-state index contributed by atoms with van der Waals surface area (Å²) in [6.07, 6.45) is 3.61. The van der Waals surface area contributed by atoms with E-state index in [-0.39, 0.29) is 29.6 Å². The lowest BCUT2D eigenvalue weighted by Gasteiger charge is -2.29. The number of hydrogen-bond donors (Lipinski definition) is 2. The first-order valence-corrected chi connectivity index (χ1v) is 12.8. The molecule has 0 bridgehead atoms. The molecular weight excluding hydrogens is 548 g/mol. The minimum Gasteiger partial charge on any atom is -0.375 e. The molecule has 0 unspecified atom stereocenters. The van der Waals surface area contributed by atoms with E-state index < -0.39 is 5.82 Å². The summed E-state index contributed by atoms with van der Waals surface area (Å²) in [4.78, 5) is 18.5. The second-order valence-corrected chi connectivity index (χ2v) is 9.74. The van der Waals surface area contributed by atoms with Gasteiger partial charge in [-0.2, -0.15) is 0 Å². The number of thiocarbonyl (C=S) groups is 1. The van der Waals surface area contributed by atoms with Crippen molar-refractivity contribution in [2.45, 2.75) is 12.1 Å². The average molecular weight is 570 g/mol. The minimum atomic E-state index is -0.492. The first kappa shape index (κ1) is 26.1. The van der Waals surface area contributed by atoms with Crippen LogP contribution in [0.2, 0.25) is 10.0 Å². The second-order valence-electron chi connectivity index (χ2n) is 8.54. The van der Waals surface area contributed by atoms with Crippen LogP contribution in [0.4, 0.5) is 15.8 Å². The molecule has 0 aliphatic carbocycles. The van der Waals surface area contributed by atoms with Crippen LogP contribution in [0.15, 0.2) is 79.1 Å². The number of pyridine rings is 1.